The average Bonchev–Trinajstić information content (AvgIpc) is 2.35. The molecule has 3 heteroatoms. The molecule has 1 N–H and O–H groups in total. The Labute approximate surface area is 105 Å². The van der Waals surface area contributed by atoms with Crippen LogP contribution in [-0.4, -0.2) is 37.3 Å². The lowest BCUT2D eigenvalue weighted by Gasteiger charge is -2.37. The Bertz CT molecular complexity index is 181. The van der Waals surface area contributed by atoms with Crippen LogP contribution in [0.3, 0.4) is 0 Å². The topological polar surface area (TPSA) is 21.3 Å². The molecule has 2 nitrogen and oxygen atoms in total. The number of rotatable bonds is 7. The molecule has 0 heterocycles. The Balaban J connectivity index is 2.36. The summed E-state index contributed by atoms with van der Waals surface area (Å²) in [5, 5.41) is 3.69. The van der Waals surface area contributed by atoms with E-state index in [4.69, 9.17) is 4.74 Å². The first kappa shape index (κ1) is 14.3. The fourth-order valence-corrected chi connectivity index (χ4v) is 3.43. The number of hydrogen-bond donors (Lipinski definition) is 1. The summed E-state index contributed by atoms with van der Waals surface area (Å²) in [5.41, 5.74) is 0. The van der Waals surface area contributed by atoms with Crippen LogP contribution in [0.2, 0.25) is 0 Å². The van der Waals surface area contributed by atoms with Gasteiger partial charge in [-0.25, -0.2) is 0 Å². The van der Waals surface area contributed by atoms with Crippen molar-refractivity contribution in [2.75, 3.05) is 26.5 Å². The highest BCUT2D eigenvalue weighted by molar-refractivity contribution is 8.00. The van der Waals surface area contributed by atoms with Crippen molar-refractivity contribution in [3.8, 4) is 0 Å². The first-order valence-corrected chi connectivity index (χ1v) is 7.76. The maximum atomic E-state index is 5.23. The molecule has 0 aliphatic heterocycles. The molecule has 0 saturated heterocycles. The molecule has 1 aliphatic carbocycles. The Morgan fingerprint density at radius 3 is 2.50 bits per heavy atom. The van der Waals surface area contributed by atoms with Crippen molar-refractivity contribution in [2.24, 2.45) is 0 Å². The second-order valence-electron chi connectivity index (χ2n) is 4.89. The van der Waals surface area contributed by atoms with Gasteiger partial charge in [-0.15, -0.1) is 0 Å². The number of nitrogens with one attached hydrogen (secondary N) is 1. The molecule has 0 spiro atoms. The molecule has 0 aromatic heterocycles. The van der Waals surface area contributed by atoms with Crippen LogP contribution in [0.1, 0.15) is 45.4 Å². The zero-order valence-corrected chi connectivity index (χ0v) is 11.9. The zero-order valence-electron chi connectivity index (χ0n) is 11.1. The summed E-state index contributed by atoms with van der Waals surface area (Å²) in [6.07, 6.45) is 10.4. The Kier molecular flexibility index (Phi) is 6.78. The molecule has 1 atom stereocenters. The maximum absolute atomic E-state index is 5.23. The van der Waals surface area contributed by atoms with E-state index in [0.717, 1.165) is 19.6 Å². The van der Waals surface area contributed by atoms with E-state index in [-0.39, 0.29) is 0 Å². The van der Waals surface area contributed by atoms with Gasteiger partial charge in [0.15, 0.2) is 0 Å². The predicted molar refractivity (Wildman–Crippen MR) is 73.3 cm³/mol. The molecule has 0 aromatic carbocycles. The highest BCUT2D eigenvalue weighted by atomic mass is 32.2. The van der Waals surface area contributed by atoms with Gasteiger partial charge in [0.2, 0.25) is 0 Å². The fraction of sp³-hybridized carbons (Fsp3) is 1.00. The third kappa shape index (κ3) is 4.27. The van der Waals surface area contributed by atoms with Crippen molar-refractivity contribution >= 4 is 11.8 Å². The van der Waals surface area contributed by atoms with Gasteiger partial charge in [0.25, 0.3) is 0 Å². The molecule has 0 bridgehead atoms. The molecular formula is C13H27NOS. The molecule has 1 saturated carbocycles. The van der Waals surface area contributed by atoms with Gasteiger partial charge in [-0.2, -0.15) is 11.8 Å². The van der Waals surface area contributed by atoms with Gasteiger partial charge >= 0.3 is 0 Å². The summed E-state index contributed by atoms with van der Waals surface area (Å²) >= 11 is 2.06. The van der Waals surface area contributed by atoms with E-state index < -0.39 is 0 Å². The Hall–Kier alpha value is 0.270. The predicted octanol–water partition coefficient (Wildman–Crippen LogP) is 3.07. The minimum absolute atomic E-state index is 0.499. The molecule has 0 aromatic rings. The second kappa shape index (κ2) is 7.57. The standard InChI is InChI=1S/C13H27NOS/c1-4-12(10-15-2)14-11-13(16-3)8-6-5-7-9-13/h12,14H,4-11H2,1-3H3. The number of thioether (sulfide) groups is 1. The number of methoxy groups -OCH3 is 1. The van der Waals surface area contributed by atoms with Crippen LogP contribution in [0, 0.1) is 0 Å². The smallest absolute Gasteiger partial charge is 0.0615 e. The van der Waals surface area contributed by atoms with Gasteiger partial charge < -0.3 is 10.1 Å². The number of hydrogen-bond acceptors (Lipinski definition) is 3. The summed E-state index contributed by atoms with van der Waals surface area (Å²) in [5.74, 6) is 0. The van der Waals surface area contributed by atoms with Crippen molar-refractivity contribution < 1.29 is 4.74 Å². The third-order valence-corrected chi connectivity index (χ3v) is 5.19. The summed E-state index contributed by atoms with van der Waals surface area (Å²) in [4.78, 5) is 0. The first-order valence-electron chi connectivity index (χ1n) is 6.54. The molecule has 1 aliphatic rings. The Morgan fingerprint density at radius 2 is 2.00 bits per heavy atom. The monoisotopic (exact) mass is 245 g/mol. The van der Waals surface area contributed by atoms with Crippen molar-refractivity contribution in [3.63, 3.8) is 0 Å². The van der Waals surface area contributed by atoms with E-state index in [2.05, 4.69) is 30.3 Å². The summed E-state index contributed by atoms with van der Waals surface area (Å²) < 4.78 is 5.73. The first-order chi connectivity index (χ1) is 7.76. The lowest BCUT2D eigenvalue weighted by atomic mass is 9.88. The SMILES string of the molecule is CCC(COC)NCC1(SC)CCCCC1. The van der Waals surface area contributed by atoms with E-state index in [1.54, 1.807) is 7.11 Å². The van der Waals surface area contributed by atoms with Crippen LogP contribution in [0.25, 0.3) is 0 Å². The second-order valence-corrected chi connectivity index (χ2v) is 6.16. The van der Waals surface area contributed by atoms with Crippen LogP contribution in [0.4, 0.5) is 0 Å². The lowest BCUT2D eigenvalue weighted by molar-refractivity contribution is 0.161. The molecule has 16 heavy (non-hydrogen) atoms. The van der Waals surface area contributed by atoms with Gasteiger partial charge in [0, 0.05) is 24.4 Å². The van der Waals surface area contributed by atoms with Gasteiger partial charge in [0.05, 0.1) is 6.61 Å². The molecule has 0 amide bonds. The minimum atomic E-state index is 0.499. The van der Waals surface area contributed by atoms with Crippen LogP contribution >= 0.6 is 11.8 Å². The molecular weight excluding hydrogens is 218 g/mol. The van der Waals surface area contributed by atoms with Gasteiger partial charge in [0.1, 0.15) is 0 Å². The van der Waals surface area contributed by atoms with Crippen molar-refractivity contribution in [3.05, 3.63) is 0 Å². The average molecular weight is 245 g/mol. The molecule has 1 rings (SSSR count). The summed E-state index contributed by atoms with van der Waals surface area (Å²) in [6.45, 7) is 4.21. The normalized spacial score (nSPS) is 21.9. The van der Waals surface area contributed by atoms with Crippen molar-refractivity contribution in [1.82, 2.24) is 5.32 Å². The minimum Gasteiger partial charge on any atom is -0.383 e. The van der Waals surface area contributed by atoms with Crippen LogP contribution in [-0.2, 0) is 4.74 Å². The summed E-state index contributed by atoms with van der Waals surface area (Å²) in [7, 11) is 1.79. The van der Waals surface area contributed by atoms with E-state index in [1.807, 2.05) is 0 Å². The lowest BCUT2D eigenvalue weighted by Crippen LogP contribution is -2.44. The molecule has 96 valence electrons. The zero-order chi connectivity index (χ0) is 11.9. The fourth-order valence-electron chi connectivity index (χ4n) is 2.50. The van der Waals surface area contributed by atoms with E-state index >= 15 is 0 Å². The van der Waals surface area contributed by atoms with E-state index in [1.165, 1.54) is 32.1 Å². The van der Waals surface area contributed by atoms with E-state index in [0.29, 0.717) is 10.8 Å². The largest absolute Gasteiger partial charge is 0.383 e. The highest BCUT2D eigenvalue weighted by Gasteiger charge is 2.31. The van der Waals surface area contributed by atoms with Crippen molar-refractivity contribution in [2.45, 2.75) is 56.2 Å². The maximum Gasteiger partial charge on any atom is 0.0615 e. The van der Waals surface area contributed by atoms with Crippen molar-refractivity contribution in [1.29, 1.82) is 0 Å². The number of ether oxygens (including phenoxy) is 1. The van der Waals surface area contributed by atoms with Crippen LogP contribution < -0.4 is 5.32 Å². The quantitative estimate of drug-likeness (QED) is 0.745. The summed E-state index contributed by atoms with van der Waals surface area (Å²) in [6, 6.07) is 0.524. The van der Waals surface area contributed by atoms with Crippen LogP contribution in [0.5, 0.6) is 0 Å². The van der Waals surface area contributed by atoms with Crippen LogP contribution in [0.15, 0.2) is 0 Å². The highest BCUT2D eigenvalue weighted by Crippen LogP contribution is 2.38. The third-order valence-electron chi connectivity index (χ3n) is 3.77. The molecule has 0 radical (unpaired) electrons. The Morgan fingerprint density at radius 1 is 1.31 bits per heavy atom. The molecule has 1 fully saturated rings. The van der Waals surface area contributed by atoms with E-state index in [9.17, 15) is 0 Å². The van der Waals surface area contributed by atoms with Gasteiger partial charge in [-0.3, -0.25) is 0 Å². The van der Waals surface area contributed by atoms with Gasteiger partial charge in [-0.1, -0.05) is 26.2 Å². The molecule has 1 unspecified atom stereocenters. The van der Waals surface area contributed by atoms with Gasteiger partial charge in [-0.05, 0) is 25.5 Å².